The fourth-order valence-electron chi connectivity index (χ4n) is 2.57. The third kappa shape index (κ3) is 5.51. The molecule has 1 amide bonds. The van der Waals surface area contributed by atoms with Gasteiger partial charge in [0.2, 0.25) is 0 Å². The Hall–Kier alpha value is -4.01. The smallest absolute Gasteiger partial charge is 0.357 e. The number of aromatic nitrogens is 4. The Bertz CT molecular complexity index is 1030. The molecule has 1 heterocycles. The van der Waals surface area contributed by atoms with E-state index in [2.05, 4.69) is 20.8 Å². The summed E-state index contributed by atoms with van der Waals surface area (Å²) in [5, 5.41) is 13.8. The third-order valence-electron chi connectivity index (χ3n) is 3.95. The maximum Gasteiger partial charge on any atom is 0.357 e. The molecular formula is C21H21N5O4. The molecule has 0 bridgehead atoms. The first-order valence-corrected chi connectivity index (χ1v) is 9.28. The molecule has 0 saturated heterocycles. The standard InChI is InChI=1S/C21H21N5O4/c1-3-29-18-11-9-17(10-12-18)22-20(27)14-30-21(28)19(26-15(2)23-24-25-26)13-16-7-5-4-6-8-16/h4-13H,3,14H2,1-2H3,(H,22,27)/b19-13-. The van der Waals surface area contributed by atoms with Crippen LogP contribution in [0.1, 0.15) is 18.3 Å². The zero-order valence-electron chi connectivity index (χ0n) is 16.6. The van der Waals surface area contributed by atoms with E-state index in [1.165, 1.54) is 4.68 Å². The van der Waals surface area contributed by atoms with Gasteiger partial charge in [-0.1, -0.05) is 30.3 Å². The van der Waals surface area contributed by atoms with Crippen molar-refractivity contribution < 1.29 is 19.1 Å². The molecule has 9 heteroatoms. The number of hydrogen-bond donors (Lipinski definition) is 1. The largest absolute Gasteiger partial charge is 0.494 e. The zero-order chi connectivity index (χ0) is 21.3. The van der Waals surface area contributed by atoms with Gasteiger partial charge in [0.15, 0.2) is 18.1 Å². The molecule has 0 aliphatic heterocycles. The van der Waals surface area contributed by atoms with Crippen LogP contribution >= 0.6 is 0 Å². The number of tetrazole rings is 1. The molecule has 0 saturated carbocycles. The van der Waals surface area contributed by atoms with Gasteiger partial charge in [-0.05, 0) is 60.2 Å². The predicted molar refractivity (Wildman–Crippen MR) is 110 cm³/mol. The molecule has 0 spiro atoms. The van der Waals surface area contributed by atoms with E-state index in [1.54, 1.807) is 37.3 Å². The van der Waals surface area contributed by atoms with Crippen molar-refractivity contribution in [2.45, 2.75) is 13.8 Å². The number of hydrogen-bond acceptors (Lipinski definition) is 7. The number of esters is 1. The predicted octanol–water partition coefficient (Wildman–Crippen LogP) is 2.56. The summed E-state index contributed by atoms with van der Waals surface area (Å²) < 4.78 is 11.8. The van der Waals surface area contributed by atoms with Gasteiger partial charge in [0.05, 0.1) is 6.61 Å². The number of nitrogens with one attached hydrogen (secondary N) is 1. The third-order valence-corrected chi connectivity index (χ3v) is 3.95. The minimum Gasteiger partial charge on any atom is -0.494 e. The summed E-state index contributed by atoms with van der Waals surface area (Å²) in [5.74, 6) is -0.0847. The molecule has 0 aliphatic rings. The van der Waals surface area contributed by atoms with E-state index < -0.39 is 18.5 Å². The topological polar surface area (TPSA) is 108 Å². The summed E-state index contributed by atoms with van der Waals surface area (Å²) >= 11 is 0. The summed E-state index contributed by atoms with van der Waals surface area (Å²) in [7, 11) is 0. The molecule has 1 aromatic heterocycles. The van der Waals surface area contributed by atoms with Crippen molar-refractivity contribution in [2.75, 3.05) is 18.5 Å². The van der Waals surface area contributed by atoms with Crippen molar-refractivity contribution in [3.8, 4) is 5.75 Å². The van der Waals surface area contributed by atoms with Gasteiger partial charge in [-0.3, -0.25) is 4.79 Å². The highest BCUT2D eigenvalue weighted by Gasteiger charge is 2.19. The van der Waals surface area contributed by atoms with Gasteiger partial charge in [0.25, 0.3) is 5.91 Å². The SMILES string of the molecule is CCOc1ccc(NC(=O)COC(=O)/C(=C/c2ccccc2)n2nnnc2C)cc1. The molecule has 3 rings (SSSR count). The number of anilines is 1. The van der Waals surface area contributed by atoms with Crippen molar-refractivity contribution >= 4 is 29.3 Å². The second kappa shape index (κ2) is 9.97. The van der Waals surface area contributed by atoms with Crippen LogP contribution in [0, 0.1) is 6.92 Å². The van der Waals surface area contributed by atoms with Crippen LogP contribution in [0.15, 0.2) is 54.6 Å². The van der Waals surface area contributed by atoms with Gasteiger partial charge in [0.1, 0.15) is 5.75 Å². The lowest BCUT2D eigenvalue weighted by Crippen LogP contribution is -2.23. The van der Waals surface area contributed by atoms with E-state index in [4.69, 9.17) is 9.47 Å². The lowest BCUT2D eigenvalue weighted by molar-refractivity contribution is -0.141. The number of aryl methyl sites for hydroxylation is 1. The van der Waals surface area contributed by atoms with E-state index in [0.29, 0.717) is 23.9 Å². The fraction of sp³-hybridized carbons (Fsp3) is 0.190. The van der Waals surface area contributed by atoms with Crippen LogP contribution in [0.3, 0.4) is 0 Å². The van der Waals surface area contributed by atoms with Crippen LogP contribution in [0.25, 0.3) is 11.8 Å². The number of carbonyl (C=O) groups excluding carboxylic acids is 2. The Labute approximate surface area is 173 Å². The first-order valence-electron chi connectivity index (χ1n) is 9.28. The monoisotopic (exact) mass is 407 g/mol. The van der Waals surface area contributed by atoms with E-state index in [1.807, 2.05) is 37.3 Å². The number of carbonyl (C=O) groups is 2. The zero-order valence-corrected chi connectivity index (χ0v) is 16.6. The number of rotatable bonds is 8. The Morgan fingerprint density at radius 3 is 2.47 bits per heavy atom. The summed E-state index contributed by atoms with van der Waals surface area (Å²) in [4.78, 5) is 24.8. The van der Waals surface area contributed by atoms with E-state index >= 15 is 0 Å². The highest BCUT2D eigenvalue weighted by molar-refractivity contribution is 6.15. The van der Waals surface area contributed by atoms with Crippen LogP contribution in [-0.2, 0) is 14.3 Å². The quantitative estimate of drug-likeness (QED) is 0.451. The molecule has 0 radical (unpaired) electrons. The Morgan fingerprint density at radius 2 is 1.83 bits per heavy atom. The highest BCUT2D eigenvalue weighted by atomic mass is 16.5. The first-order chi connectivity index (χ1) is 14.6. The van der Waals surface area contributed by atoms with Crippen LogP contribution in [-0.4, -0.2) is 45.3 Å². The molecule has 0 aliphatic carbocycles. The van der Waals surface area contributed by atoms with Crippen LogP contribution < -0.4 is 10.1 Å². The normalized spacial score (nSPS) is 11.1. The second-order valence-electron chi connectivity index (χ2n) is 6.16. The van der Waals surface area contributed by atoms with Gasteiger partial charge in [-0.15, -0.1) is 5.10 Å². The second-order valence-corrected chi connectivity index (χ2v) is 6.16. The highest BCUT2D eigenvalue weighted by Crippen LogP contribution is 2.16. The van der Waals surface area contributed by atoms with Gasteiger partial charge in [-0.2, -0.15) is 4.68 Å². The average Bonchev–Trinajstić information content (AvgIpc) is 3.18. The van der Waals surface area contributed by atoms with Crippen LogP contribution in [0.2, 0.25) is 0 Å². The van der Waals surface area contributed by atoms with Crippen molar-refractivity contribution in [3.05, 3.63) is 66.0 Å². The Morgan fingerprint density at radius 1 is 1.10 bits per heavy atom. The van der Waals surface area contributed by atoms with E-state index in [0.717, 1.165) is 5.56 Å². The van der Waals surface area contributed by atoms with Crippen molar-refractivity contribution in [3.63, 3.8) is 0 Å². The molecule has 0 fully saturated rings. The number of ether oxygens (including phenoxy) is 2. The molecule has 154 valence electrons. The molecule has 9 nitrogen and oxygen atoms in total. The summed E-state index contributed by atoms with van der Waals surface area (Å²) in [5.41, 5.74) is 1.42. The van der Waals surface area contributed by atoms with Gasteiger partial charge in [0, 0.05) is 5.69 Å². The minimum absolute atomic E-state index is 0.0950. The van der Waals surface area contributed by atoms with Crippen molar-refractivity contribution in [1.82, 2.24) is 20.2 Å². The molecule has 0 atom stereocenters. The lowest BCUT2D eigenvalue weighted by atomic mass is 10.2. The molecule has 2 aromatic carbocycles. The number of benzene rings is 2. The van der Waals surface area contributed by atoms with Gasteiger partial charge >= 0.3 is 5.97 Å². The Balaban J connectivity index is 1.66. The minimum atomic E-state index is -0.726. The molecule has 1 N–H and O–H groups in total. The van der Waals surface area contributed by atoms with Gasteiger partial charge < -0.3 is 14.8 Å². The maximum atomic E-state index is 12.7. The van der Waals surface area contributed by atoms with Crippen LogP contribution in [0.5, 0.6) is 5.75 Å². The van der Waals surface area contributed by atoms with Crippen LogP contribution in [0.4, 0.5) is 5.69 Å². The lowest BCUT2D eigenvalue weighted by Gasteiger charge is -2.10. The summed E-state index contributed by atoms with van der Waals surface area (Å²) in [6.07, 6.45) is 1.59. The van der Waals surface area contributed by atoms with Gasteiger partial charge in [-0.25, -0.2) is 4.79 Å². The van der Waals surface area contributed by atoms with E-state index in [-0.39, 0.29) is 5.70 Å². The first kappa shape index (κ1) is 20.7. The molecule has 30 heavy (non-hydrogen) atoms. The number of nitrogens with zero attached hydrogens (tertiary/aromatic N) is 4. The fourth-order valence-corrected chi connectivity index (χ4v) is 2.57. The molecule has 3 aromatic rings. The average molecular weight is 407 g/mol. The number of amides is 1. The van der Waals surface area contributed by atoms with Crippen molar-refractivity contribution in [2.24, 2.45) is 0 Å². The molecular weight excluding hydrogens is 386 g/mol. The Kier molecular flexibility index (Phi) is 6.88. The summed E-state index contributed by atoms with van der Waals surface area (Å²) in [6, 6.07) is 16.1. The molecule has 0 unspecified atom stereocenters. The van der Waals surface area contributed by atoms with E-state index in [9.17, 15) is 9.59 Å². The summed E-state index contributed by atoms with van der Waals surface area (Å²) in [6.45, 7) is 3.65. The maximum absolute atomic E-state index is 12.7. The van der Waals surface area contributed by atoms with Crippen molar-refractivity contribution in [1.29, 1.82) is 0 Å².